The maximum Gasteiger partial charge on any atom is 0.232 e. The van der Waals surface area contributed by atoms with Gasteiger partial charge in [0.2, 0.25) is 11.8 Å². The summed E-state index contributed by atoms with van der Waals surface area (Å²) in [5.41, 5.74) is 0. The van der Waals surface area contributed by atoms with E-state index >= 15 is 0 Å². The minimum atomic E-state index is 0.441. The summed E-state index contributed by atoms with van der Waals surface area (Å²) in [6, 6.07) is 1.87. The van der Waals surface area contributed by atoms with Crippen LogP contribution in [0.5, 0.6) is 11.8 Å². The molecule has 0 spiro atoms. The Labute approximate surface area is 129 Å². The number of rotatable bonds is 5. The van der Waals surface area contributed by atoms with Gasteiger partial charge in [0.1, 0.15) is 12.1 Å². The van der Waals surface area contributed by atoms with E-state index in [1.807, 2.05) is 6.07 Å². The number of methoxy groups -OCH3 is 1. The molecule has 7 nitrogen and oxygen atoms in total. The SMILES string of the molecule is COc1cc(N2CCCC(COc3cnccn3)C2)ncn1. The molecular formula is C15H19N5O2. The molecule has 1 fully saturated rings. The van der Waals surface area contributed by atoms with Crippen molar-refractivity contribution in [3.8, 4) is 11.8 Å². The van der Waals surface area contributed by atoms with E-state index in [4.69, 9.17) is 9.47 Å². The summed E-state index contributed by atoms with van der Waals surface area (Å²) in [5, 5.41) is 0. The molecule has 0 saturated carbocycles. The van der Waals surface area contributed by atoms with E-state index in [1.165, 1.54) is 6.33 Å². The van der Waals surface area contributed by atoms with Gasteiger partial charge in [-0.3, -0.25) is 4.98 Å². The lowest BCUT2D eigenvalue weighted by molar-refractivity contribution is 0.220. The first-order valence-electron chi connectivity index (χ1n) is 7.35. The zero-order valence-electron chi connectivity index (χ0n) is 12.6. The Bertz CT molecular complexity index is 595. The molecule has 22 heavy (non-hydrogen) atoms. The Kier molecular flexibility index (Phi) is 4.62. The average molecular weight is 301 g/mol. The second kappa shape index (κ2) is 7.02. The number of hydrogen-bond acceptors (Lipinski definition) is 7. The number of aromatic nitrogens is 4. The largest absolute Gasteiger partial charge is 0.481 e. The van der Waals surface area contributed by atoms with Gasteiger partial charge in [-0.15, -0.1) is 0 Å². The second-order valence-electron chi connectivity index (χ2n) is 5.23. The van der Waals surface area contributed by atoms with Crippen molar-refractivity contribution in [1.29, 1.82) is 0 Å². The van der Waals surface area contributed by atoms with Gasteiger partial charge in [-0.1, -0.05) is 0 Å². The highest BCUT2D eigenvalue weighted by atomic mass is 16.5. The molecule has 0 aliphatic carbocycles. The molecule has 1 aliphatic heterocycles. The van der Waals surface area contributed by atoms with Crippen molar-refractivity contribution >= 4 is 5.82 Å². The molecule has 1 atom stereocenters. The lowest BCUT2D eigenvalue weighted by Crippen LogP contribution is -2.38. The third-order valence-corrected chi connectivity index (χ3v) is 3.69. The van der Waals surface area contributed by atoms with Gasteiger partial charge in [-0.2, -0.15) is 0 Å². The third-order valence-electron chi connectivity index (χ3n) is 3.69. The van der Waals surface area contributed by atoms with Crippen molar-refractivity contribution < 1.29 is 9.47 Å². The number of hydrogen-bond donors (Lipinski definition) is 0. The highest BCUT2D eigenvalue weighted by Crippen LogP contribution is 2.23. The molecule has 0 radical (unpaired) electrons. The molecule has 116 valence electrons. The number of anilines is 1. The predicted octanol–water partition coefficient (Wildman–Crippen LogP) is 1.57. The van der Waals surface area contributed by atoms with E-state index in [0.29, 0.717) is 24.3 Å². The summed E-state index contributed by atoms with van der Waals surface area (Å²) in [6.07, 6.45) is 8.69. The van der Waals surface area contributed by atoms with Crippen LogP contribution in [-0.2, 0) is 0 Å². The van der Waals surface area contributed by atoms with Crippen molar-refractivity contribution in [2.45, 2.75) is 12.8 Å². The van der Waals surface area contributed by atoms with Crippen LogP contribution in [0.2, 0.25) is 0 Å². The summed E-state index contributed by atoms with van der Waals surface area (Å²) < 4.78 is 10.9. The van der Waals surface area contributed by atoms with E-state index < -0.39 is 0 Å². The Hall–Kier alpha value is -2.44. The second-order valence-corrected chi connectivity index (χ2v) is 5.23. The molecule has 7 heteroatoms. The Morgan fingerprint density at radius 1 is 1.23 bits per heavy atom. The zero-order valence-corrected chi connectivity index (χ0v) is 12.6. The van der Waals surface area contributed by atoms with Crippen LogP contribution in [0, 0.1) is 5.92 Å². The fraction of sp³-hybridized carbons (Fsp3) is 0.467. The van der Waals surface area contributed by atoms with Gasteiger partial charge in [-0.25, -0.2) is 15.0 Å². The van der Waals surface area contributed by atoms with Crippen molar-refractivity contribution in [2.24, 2.45) is 5.92 Å². The topological polar surface area (TPSA) is 73.3 Å². The van der Waals surface area contributed by atoms with Crippen molar-refractivity contribution in [1.82, 2.24) is 19.9 Å². The minimum absolute atomic E-state index is 0.441. The highest BCUT2D eigenvalue weighted by Gasteiger charge is 2.22. The first kappa shape index (κ1) is 14.5. The molecule has 2 aromatic rings. The van der Waals surface area contributed by atoms with Crippen LogP contribution in [0.4, 0.5) is 5.82 Å². The van der Waals surface area contributed by atoms with Gasteiger partial charge in [-0.05, 0) is 12.8 Å². The smallest absolute Gasteiger partial charge is 0.232 e. The van der Waals surface area contributed by atoms with Crippen LogP contribution < -0.4 is 14.4 Å². The van der Waals surface area contributed by atoms with E-state index in [-0.39, 0.29) is 0 Å². The van der Waals surface area contributed by atoms with Crippen LogP contribution in [0.15, 0.2) is 31.0 Å². The molecule has 0 aromatic carbocycles. The quantitative estimate of drug-likeness (QED) is 0.830. The molecule has 2 aromatic heterocycles. The highest BCUT2D eigenvalue weighted by molar-refractivity contribution is 5.41. The molecule has 0 bridgehead atoms. The Balaban J connectivity index is 1.59. The molecule has 0 amide bonds. The standard InChI is InChI=1S/C15H19N5O2/c1-21-14-7-13(18-11-19-14)20-6-2-3-12(9-20)10-22-15-8-16-4-5-17-15/h4-5,7-8,11-12H,2-3,6,9-10H2,1H3. The first-order valence-corrected chi connectivity index (χ1v) is 7.35. The van der Waals surface area contributed by atoms with Gasteiger partial charge < -0.3 is 14.4 Å². The van der Waals surface area contributed by atoms with Gasteiger partial charge in [0, 0.05) is 37.5 Å². The predicted molar refractivity (Wildman–Crippen MR) is 81.0 cm³/mol. The van der Waals surface area contributed by atoms with Crippen molar-refractivity contribution in [2.75, 3.05) is 31.7 Å². The van der Waals surface area contributed by atoms with E-state index in [2.05, 4.69) is 24.8 Å². The van der Waals surface area contributed by atoms with E-state index in [0.717, 1.165) is 31.7 Å². The van der Waals surface area contributed by atoms with E-state index in [9.17, 15) is 0 Å². The molecule has 1 saturated heterocycles. The van der Waals surface area contributed by atoms with Crippen LogP contribution in [0.1, 0.15) is 12.8 Å². The fourth-order valence-corrected chi connectivity index (χ4v) is 2.59. The number of ether oxygens (including phenoxy) is 2. The van der Waals surface area contributed by atoms with Crippen LogP contribution in [0.3, 0.4) is 0 Å². The molecule has 1 aliphatic rings. The summed E-state index contributed by atoms with van der Waals surface area (Å²) in [5.74, 6) is 2.50. The molecule has 3 heterocycles. The fourth-order valence-electron chi connectivity index (χ4n) is 2.59. The Morgan fingerprint density at radius 3 is 3.00 bits per heavy atom. The molecule has 1 unspecified atom stereocenters. The lowest BCUT2D eigenvalue weighted by atomic mass is 9.99. The Morgan fingerprint density at radius 2 is 2.18 bits per heavy atom. The third kappa shape index (κ3) is 3.60. The summed E-state index contributed by atoms with van der Waals surface area (Å²) in [6.45, 7) is 2.53. The number of nitrogens with zero attached hydrogens (tertiary/aromatic N) is 5. The van der Waals surface area contributed by atoms with Gasteiger partial charge in [0.15, 0.2) is 0 Å². The zero-order chi connectivity index (χ0) is 15.2. The molecular weight excluding hydrogens is 282 g/mol. The van der Waals surface area contributed by atoms with Gasteiger partial charge in [0.05, 0.1) is 19.9 Å². The monoisotopic (exact) mass is 301 g/mol. The average Bonchev–Trinajstić information content (AvgIpc) is 2.61. The normalized spacial score (nSPS) is 18.0. The maximum atomic E-state index is 5.72. The molecule has 0 N–H and O–H groups in total. The van der Waals surface area contributed by atoms with Crippen LogP contribution in [0.25, 0.3) is 0 Å². The van der Waals surface area contributed by atoms with Gasteiger partial charge in [0.25, 0.3) is 0 Å². The van der Waals surface area contributed by atoms with E-state index in [1.54, 1.807) is 25.7 Å². The van der Waals surface area contributed by atoms with Crippen LogP contribution >= 0.6 is 0 Å². The summed E-state index contributed by atoms with van der Waals surface area (Å²) >= 11 is 0. The van der Waals surface area contributed by atoms with Gasteiger partial charge >= 0.3 is 0 Å². The van der Waals surface area contributed by atoms with Crippen molar-refractivity contribution in [3.05, 3.63) is 31.0 Å². The van der Waals surface area contributed by atoms with Crippen LogP contribution in [-0.4, -0.2) is 46.7 Å². The first-order chi connectivity index (χ1) is 10.8. The summed E-state index contributed by atoms with van der Waals surface area (Å²) in [7, 11) is 1.61. The number of piperidine rings is 1. The molecule has 3 rings (SSSR count). The summed E-state index contributed by atoms with van der Waals surface area (Å²) in [4.78, 5) is 18.8. The van der Waals surface area contributed by atoms with Crippen molar-refractivity contribution in [3.63, 3.8) is 0 Å². The maximum absolute atomic E-state index is 5.72. The lowest BCUT2D eigenvalue weighted by Gasteiger charge is -2.33. The minimum Gasteiger partial charge on any atom is -0.481 e.